The van der Waals surface area contributed by atoms with Gasteiger partial charge in [-0.1, -0.05) is 52.3 Å². The van der Waals surface area contributed by atoms with Crippen LogP contribution >= 0.6 is 15.9 Å². The summed E-state index contributed by atoms with van der Waals surface area (Å²) in [5, 5.41) is 0. The third-order valence-electron chi connectivity index (χ3n) is 4.39. The molecule has 0 spiro atoms. The first-order chi connectivity index (χ1) is 10.2. The van der Waals surface area contributed by atoms with Crippen LogP contribution in [0, 0.1) is 6.92 Å². The number of halogens is 1. The van der Waals surface area contributed by atoms with Crippen LogP contribution in [0.25, 0.3) is 0 Å². The molecule has 2 nitrogen and oxygen atoms in total. The minimum Gasteiger partial charge on any atom is -0.329 e. The average Bonchev–Trinajstić information content (AvgIpc) is 2.51. The molecule has 21 heavy (non-hydrogen) atoms. The molecule has 1 aliphatic heterocycles. The van der Waals surface area contributed by atoms with E-state index in [-0.39, 0.29) is 0 Å². The van der Waals surface area contributed by atoms with Crippen LogP contribution in [-0.2, 0) is 13.0 Å². The van der Waals surface area contributed by atoms with Gasteiger partial charge in [-0.15, -0.1) is 0 Å². The van der Waals surface area contributed by atoms with E-state index in [2.05, 4.69) is 70.2 Å². The van der Waals surface area contributed by atoms with Gasteiger partial charge in [-0.25, -0.2) is 0 Å². The van der Waals surface area contributed by atoms with Gasteiger partial charge < -0.3 is 5.73 Å². The van der Waals surface area contributed by atoms with E-state index >= 15 is 0 Å². The summed E-state index contributed by atoms with van der Waals surface area (Å²) in [6.07, 6.45) is 1.11. The highest BCUT2D eigenvalue weighted by atomic mass is 79.9. The molecule has 2 N–H and O–H groups in total. The fourth-order valence-corrected chi connectivity index (χ4v) is 3.40. The summed E-state index contributed by atoms with van der Waals surface area (Å²) in [6.45, 7) is 4.86. The molecule has 0 radical (unpaired) electrons. The first-order valence-electron chi connectivity index (χ1n) is 7.46. The van der Waals surface area contributed by atoms with Gasteiger partial charge in [0.05, 0.1) is 0 Å². The van der Waals surface area contributed by atoms with Crippen LogP contribution in [0.1, 0.15) is 28.3 Å². The normalized spacial score (nSPS) is 16.5. The van der Waals surface area contributed by atoms with E-state index in [0.717, 1.165) is 24.0 Å². The topological polar surface area (TPSA) is 29.3 Å². The summed E-state index contributed by atoms with van der Waals surface area (Å²) in [4.78, 5) is 2.50. The van der Waals surface area contributed by atoms with Crippen molar-refractivity contribution in [2.45, 2.75) is 25.9 Å². The van der Waals surface area contributed by atoms with Crippen molar-refractivity contribution in [1.29, 1.82) is 0 Å². The molecule has 1 heterocycles. The zero-order valence-corrected chi connectivity index (χ0v) is 13.9. The lowest BCUT2D eigenvalue weighted by molar-refractivity contribution is 0.183. The van der Waals surface area contributed by atoms with E-state index in [1.54, 1.807) is 0 Å². The minimum absolute atomic E-state index is 0.296. The Labute approximate surface area is 135 Å². The second kappa shape index (κ2) is 6.30. The first-order valence-corrected chi connectivity index (χ1v) is 8.25. The number of nitrogens with two attached hydrogens (primary N) is 1. The maximum atomic E-state index is 6.09. The molecule has 0 saturated carbocycles. The first kappa shape index (κ1) is 14.8. The van der Waals surface area contributed by atoms with Crippen LogP contribution in [0.4, 0.5) is 0 Å². The smallest absolute Gasteiger partial charge is 0.0474 e. The molecule has 3 heteroatoms. The van der Waals surface area contributed by atoms with Gasteiger partial charge in [-0.05, 0) is 41.7 Å². The van der Waals surface area contributed by atoms with Gasteiger partial charge in [0.25, 0.3) is 0 Å². The SMILES string of the molecule is Cc1cc(C(CN)N2CCc3ccccc3C2)ccc1Br. The molecular weight excluding hydrogens is 324 g/mol. The maximum Gasteiger partial charge on any atom is 0.0474 e. The van der Waals surface area contributed by atoms with Crippen molar-refractivity contribution in [2.24, 2.45) is 5.73 Å². The Morgan fingerprint density at radius 3 is 2.67 bits per heavy atom. The molecule has 1 atom stereocenters. The quantitative estimate of drug-likeness (QED) is 0.917. The van der Waals surface area contributed by atoms with E-state index in [4.69, 9.17) is 5.73 Å². The highest BCUT2D eigenvalue weighted by molar-refractivity contribution is 9.10. The van der Waals surface area contributed by atoms with E-state index in [0.29, 0.717) is 12.6 Å². The van der Waals surface area contributed by atoms with Crippen LogP contribution in [-0.4, -0.2) is 18.0 Å². The Bertz CT molecular complexity index is 639. The van der Waals surface area contributed by atoms with Crippen molar-refractivity contribution >= 4 is 15.9 Å². The van der Waals surface area contributed by atoms with Crippen molar-refractivity contribution in [1.82, 2.24) is 4.90 Å². The molecule has 0 aliphatic carbocycles. The van der Waals surface area contributed by atoms with Crippen molar-refractivity contribution in [3.63, 3.8) is 0 Å². The number of hydrogen-bond donors (Lipinski definition) is 1. The summed E-state index contributed by atoms with van der Waals surface area (Å²) < 4.78 is 1.16. The van der Waals surface area contributed by atoms with Gasteiger partial charge in [-0.3, -0.25) is 4.90 Å². The molecule has 0 aromatic heterocycles. The monoisotopic (exact) mass is 344 g/mol. The Morgan fingerprint density at radius 2 is 1.95 bits per heavy atom. The van der Waals surface area contributed by atoms with Crippen molar-refractivity contribution < 1.29 is 0 Å². The number of benzene rings is 2. The molecule has 1 unspecified atom stereocenters. The van der Waals surface area contributed by atoms with Gasteiger partial charge in [-0.2, -0.15) is 0 Å². The summed E-state index contributed by atoms with van der Waals surface area (Å²) in [7, 11) is 0. The third kappa shape index (κ3) is 3.05. The third-order valence-corrected chi connectivity index (χ3v) is 5.28. The van der Waals surface area contributed by atoms with Crippen molar-refractivity contribution in [3.05, 3.63) is 69.2 Å². The number of fused-ring (bicyclic) bond motifs is 1. The molecule has 2 aromatic carbocycles. The lowest BCUT2D eigenvalue weighted by Crippen LogP contribution is -2.37. The highest BCUT2D eigenvalue weighted by Crippen LogP contribution is 2.29. The molecule has 110 valence electrons. The summed E-state index contributed by atoms with van der Waals surface area (Å²) in [5.74, 6) is 0. The van der Waals surface area contributed by atoms with E-state index in [1.807, 2.05) is 0 Å². The van der Waals surface area contributed by atoms with Crippen LogP contribution in [0.5, 0.6) is 0 Å². The molecule has 0 bridgehead atoms. The van der Waals surface area contributed by atoms with Gasteiger partial charge in [0.2, 0.25) is 0 Å². The van der Waals surface area contributed by atoms with Gasteiger partial charge in [0.1, 0.15) is 0 Å². The van der Waals surface area contributed by atoms with Gasteiger partial charge in [0.15, 0.2) is 0 Å². The molecule has 0 amide bonds. The molecule has 2 aromatic rings. The summed E-state index contributed by atoms with van der Waals surface area (Å²) in [5.41, 5.74) is 11.6. The Morgan fingerprint density at radius 1 is 1.19 bits per heavy atom. The lowest BCUT2D eigenvalue weighted by atomic mass is 9.96. The summed E-state index contributed by atoms with van der Waals surface area (Å²) >= 11 is 3.57. The fourth-order valence-electron chi connectivity index (χ4n) is 3.15. The van der Waals surface area contributed by atoms with E-state index in [1.165, 1.54) is 22.3 Å². The van der Waals surface area contributed by atoms with Crippen molar-refractivity contribution in [2.75, 3.05) is 13.1 Å². The van der Waals surface area contributed by atoms with Crippen LogP contribution < -0.4 is 5.73 Å². The van der Waals surface area contributed by atoms with E-state index in [9.17, 15) is 0 Å². The maximum absolute atomic E-state index is 6.09. The predicted molar refractivity (Wildman–Crippen MR) is 91.2 cm³/mol. The largest absolute Gasteiger partial charge is 0.329 e. The fraction of sp³-hybridized carbons (Fsp3) is 0.333. The van der Waals surface area contributed by atoms with Crippen LogP contribution in [0.3, 0.4) is 0 Å². The number of hydrogen-bond acceptors (Lipinski definition) is 2. The molecular formula is C18H21BrN2. The van der Waals surface area contributed by atoms with Crippen molar-refractivity contribution in [3.8, 4) is 0 Å². The number of nitrogens with zero attached hydrogens (tertiary/aromatic N) is 1. The molecule has 0 fully saturated rings. The molecule has 1 aliphatic rings. The second-order valence-electron chi connectivity index (χ2n) is 5.75. The minimum atomic E-state index is 0.296. The standard InChI is InChI=1S/C18H21BrN2/c1-13-10-15(6-7-17(13)19)18(11-20)21-9-8-14-4-2-3-5-16(14)12-21/h2-7,10,18H,8-9,11-12,20H2,1H3. The van der Waals surface area contributed by atoms with E-state index < -0.39 is 0 Å². The zero-order valence-electron chi connectivity index (χ0n) is 12.3. The Kier molecular flexibility index (Phi) is 4.43. The number of aryl methyl sites for hydroxylation is 1. The van der Waals surface area contributed by atoms with Gasteiger partial charge >= 0.3 is 0 Å². The van der Waals surface area contributed by atoms with Crippen LogP contribution in [0.15, 0.2) is 46.9 Å². The molecule has 3 rings (SSSR count). The Hall–Kier alpha value is -1.16. The predicted octanol–water partition coefficient (Wildman–Crippen LogP) is 3.82. The summed E-state index contributed by atoms with van der Waals surface area (Å²) in [6, 6.07) is 15.6. The lowest BCUT2D eigenvalue weighted by Gasteiger charge is -2.35. The average molecular weight is 345 g/mol. The Balaban J connectivity index is 1.86. The second-order valence-corrected chi connectivity index (χ2v) is 6.60. The zero-order chi connectivity index (χ0) is 14.8. The highest BCUT2D eigenvalue weighted by Gasteiger charge is 2.23. The van der Waals surface area contributed by atoms with Crippen LogP contribution in [0.2, 0.25) is 0 Å². The number of rotatable bonds is 3. The van der Waals surface area contributed by atoms with Gasteiger partial charge in [0, 0.05) is 30.1 Å². The molecule has 0 saturated heterocycles.